The van der Waals surface area contributed by atoms with Gasteiger partial charge in [0.05, 0.1) is 13.4 Å². The zero-order valence-electron chi connectivity index (χ0n) is 14.4. The van der Waals surface area contributed by atoms with Crippen LogP contribution in [0.15, 0.2) is 46.0 Å². The number of furan rings is 1. The van der Waals surface area contributed by atoms with Crippen LogP contribution in [0.5, 0.6) is 5.75 Å². The predicted octanol–water partition coefficient (Wildman–Crippen LogP) is 3.07. The molecule has 5 nitrogen and oxygen atoms in total. The van der Waals surface area contributed by atoms with Crippen LogP contribution in [-0.4, -0.2) is 38.1 Å². The van der Waals surface area contributed by atoms with Gasteiger partial charge in [-0.3, -0.25) is 4.99 Å². The lowest BCUT2D eigenvalue weighted by atomic mass is 10.2. The van der Waals surface area contributed by atoms with E-state index in [0.29, 0.717) is 13.1 Å². The quantitative estimate of drug-likeness (QED) is 0.625. The molecule has 130 valence electrons. The van der Waals surface area contributed by atoms with Crippen LogP contribution in [0, 0.1) is 5.82 Å². The molecule has 1 heterocycles. The predicted molar refractivity (Wildman–Crippen MR) is 92.8 cm³/mol. The summed E-state index contributed by atoms with van der Waals surface area (Å²) in [6.45, 7) is 3.95. The summed E-state index contributed by atoms with van der Waals surface area (Å²) >= 11 is 0. The molecular formula is C18H24FN3O2. The summed E-state index contributed by atoms with van der Waals surface area (Å²) in [5, 5.41) is 3.25. The van der Waals surface area contributed by atoms with Crippen molar-refractivity contribution in [3.8, 4) is 5.75 Å². The molecule has 6 heteroatoms. The lowest BCUT2D eigenvalue weighted by Gasteiger charge is -2.22. The molecule has 0 aliphatic rings. The lowest BCUT2D eigenvalue weighted by Crippen LogP contribution is -2.38. The first kappa shape index (κ1) is 17.8. The number of hydrogen-bond donors (Lipinski definition) is 1. The lowest BCUT2D eigenvalue weighted by molar-refractivity contribution is 0.385. The molecule has 0 saturated carbocycles. The van der Waals surface area contributed by atoms with Crippen LogP contribution < -0.4 is 10.1 Å². The van der Waals surface area contributed by atoms with E-state index >= 15 is 0 Å². The van der Waals surface area contributed by atoms with Gasteiger partial charge in [0.1, 0.15) is 5.76 Å². The van der Waals surface area contributed by atoms with Gasteiger partial charge in [0.2, 0.25) is 0 Å². The molecule has 0 fully saturated rings. The summed E-state index contributed by atoms with van der Waals surface area (Å²) < 4.78 is 24.1. The van der Waals surface area contributed by atoms with Crippen molar-refractivity contribution in [1.82, 2.24) is 10.2 Å². The van der Waals surface area contributed by atoms with E-state index in [1.807, 2.05) is 37.1 Å². The van der Waals surface area contributed by atoms with Crippen molar-refractivity contribution in [2.75, 3.05) is 27.2 Å². The van der Waals surface area contributed by atoms with Crippen LogP contribution in [0.3, 0.4) is 0 Å². The number of rotatable bonds is 7. The van der Waals surface area contributed by atoms with Gasteiger partial charge < -0.3 is 19.4 Å². The highest BCUT2D eigenvalue weighted by Crippen LogP contribution is 2.18. The highest BCUT2D eigenvalue weighted by molar-refractivity contribution is 5.79. The van der Waals surface area contributed by atoms with E-state index in [1.165, 1.54) is 13.2 Å². The number of benzene rings is 1. The van der Waals surface area contributed by atoms with E-state index in [1.54, 1.807) is 12.3 Å². The highest BCUT2D eigenvalue weighted by atomic mass is 19.1. The third kappa shape index (κ3) is 5.01. The number of aliphatic imine (C=N–C) groups is 1. The molecule has 0 radical (unpaired) electrons. The largest absolute Gasteiger partial charge is 0.494 e. The number of guanidine groups is 1. The molecule has 1 aromatic heterocycles. The van der Waals surface area contributed by atoms with Gasteiger partial charge in [-0.2, -0.15) is 0 Å². The van der Waals surface area contributed by atoms with Crippen molar-refractivity contribution >= 4 is 5.96 Å². The van der Waals surface area contributed by atoms with E-state index < -0.39 is 0 Å². The van der Waals surface area contributed by atoms with E-state index in [9.17, 15) is 4.39 Å². The molecule has 0 amide bonds. The van der Waals surface area contributed by atoms with Gasteiger partial charge in [0.25, 0.3) is 0 Å². The normalized spacial score (nSPS) is 11.4. The molecule has 0 bridgehead atoms. The molecule has 0 aliphatic heterocycles. The third-order valence-corrected chi connectivity index (χ3v) is 3.53. The van der Waals surface area contributed by atoms with Gasteiger partial charge in [-0.15, -0.1) is 0 Å². The van der Waals surface area contributed by atoms with E-state index in [2.05, 4.69) is 10.3 Å². The number of nitrogens with zero attached hydrogens (tertiary/aromatic N) is 2. The molecule has 24 heavy (non-hydrogen) atoms. The Morgan fingerprint density at radius 2 is 2.21 bits per heavy atom. The standard InChI is InChI=1S/C18H24FN3O2/c1-4-20-18(21-10-9-15-6-5-11-24-15)22(2)13-14-7-8-17(23-3)16(19)12-14/h5-8,11-12H,4,9-10,13H2,1-3H3,(H,20,21). The summed E-state index contributed by atoms with van der Waals surface area (Å²) in [7, 11) is 3.38. The second-order valence-corrected chi connectivity index (χ2v) is 5.39. The topological polar surface area (TPSA) is 50.0 Å². The summed E-state index contributed by atoms with van der Waals surface area (Å²) in [4.78, 5) is 6.56. The summed E-state index contributed by atoms with van der Waals surface area (Å²) in [6.07, 6.45) is 2.40. The first-order chi connectivity index (χ1) is 11.6. The van der Waals surface area contributed by atoms with Crippen molar-refractivity contribution in [3.05, 3.63) is 53.7 Å². The van der Waals surface area contributed by atoms with Crippen LogP contribution in [0.1, 0.15) is 18.2 Å². The Bertz CT molecular complexity index is 656. The Labute approximate surface area is 142 Å². The number of methoxy groups -OCH3 is 1. The minimum atomic E-state index is -0.358. The first-order valence-electron chi connectivity index (χ1n) is 7.98. The Hall–Kier alpha value is -2.50. The average Bonchev–Trinajstić information content (AvgIpc) is 3.07. The van der Waals surface area contributed by atoms with Gasteiger partial charge in [-0.05, 0) is 36.8 Å². The molecule has 0 saturated heterocycles. The Balaban J connectivity index is 1.99. The van der Waals surface area contributed by atoms with Crippen molar-refractivity contribution < 1.29 is 13.5 Å². The Morgan fingerprint density at radius 3 is 2.83 bits per heavy atom. The average molecular weight is 333 g/mol. The zero-order valence-corrected chi connectivity index (χ0v) is 14.4. The van der Waals surface area contributed by atoms with E-state index in [4.69, 9.17) is 9.15 Å². The monoisotopic (exact) mass is 333 g/mol. The molecule has 0 aliphatic carbocycles. The third-order valence-electron chi connectivity index (χ3n) is 3.53. The van der Waals surface area contributed by atoms with Gasteiger partial charge in [-0.25, -0.2) is 4.39 Å². The molecular weight excluding hydrogens is 309 g/mol. The fourth-order valence-electron chi connectivity index (χ4n) is 2.35. The minimum absolute atomic E-state index is 0.250. The summed E-state index contributed by atoms with van der Waals surface area (Å²) in [5.74, 6) is 1.58. The maximum atomic E-state index is 13.8. The molecule has 2 rings (SSSR count). The van der Waals surface area contributed by atoms with E-state index in [0.717, 1.165) is 30.2 Å². The number of nitrogens with one attached hydrogen (secondary N) is 1. The smallest absolute Gasteiger partial charge is 0.193 e. The summed E-state index contributed by atoms with van der Waals surface area (Å²) in [6, 6.07) is 8.78. The van der Waals surface area contributed by atoms with Crippen molar-refractivity contribution in [1.29, 1.82) is 0 Å². The second-order valence-electron chi connectivity index (χ2n) is 5.39. The fraction of sp³-hybridized carbons (Fsp3) is 0.389. The second kappa shape index (κ2) is 8.96. The maximum Gasteiger partial charge on any atom is 0.193 e. The van der Waals surface area contributed by atoms with Gasteiger partial charge >= 0.3 is 0 Å². The van der Waals surface area contributed by atoms with Crippen molar-refractivity contribution in [2.45, 2.75) is 19.9 Å². The molecule has 0 unspecified atom stereocenters. The SMILES string of the molecule is CCNC(=NCCc1ccco1)N(C)Cc1ccc(OC)c(F)c1. The zero-order chi connectivity index (χ0) is 17.4. The van der Waals surface area contributed by atoms with Crippen LogP contribution in [0.2, 0.25) is 0 Å². The van der Waals surface area contributed by atoms with E-state index in [-0.39, 0.29) is 11.6 Å². The Kier molecular flexibility index (Phi) is 6.66. The van der Waals surface area contributed by atoms with Crippen LogP contribution in [0.25, 0.3) is 0 Å². The molecule has 0 spiro atoms. The summed E-state index contributed by atoms with van der Waals surface area (Å²) in [5.41, 5.74) is 0.854. The highest BCUT2D eigenvalue weighted by Gasteiger charge is 2.09. The van der Waals surface area contributed by atoms with Crippen LogP contribution >= 0.6 is 0 Å². The van der Waals surface area contributed by atoms with Crippen LogP contribution in [0.4, 0.5) is 4.39 Å². The number of halogens is 1. The molecule has 0 atom stereocenters. The molecule has 2 aromatic rings. The van der Waals surface area contributed by atoms with Gasteiger partial charge in [0, 0.05) is 33.1 Å². The van der Waals surface area contributed by atoms with Gasteiger partial charge in [0.15, 0.2) is 17.5 Å². The number of hydrogen-bond acceptors (Lipinski definition) is 3. The Morgan fingerprint density at radius 1 is 1.38 bits per heavy atom. The first-order valence-corrected chi connectivity index (χ1v) is 7.98. The van der Waals surface area contributed by atoms with Crippen LogP contribution in [-0.2, 0) is 13.0 Å². The number of ether oxygens (including phenoxy) is 1. The van der Waals surface area contributed by atoms with Gasteiger partial charge in [-0.1, -0.05) is 6.07 Å². The minimum Gasteiger partial charge on any atom is -0.494 e. The van der Waals surface area contributed by atoms with Crippen molar-refractivity contribution in [3.63, 3.8) is 0 Å². The molecule has 1 N–H and O–H groups in total. The van der Waals surface area contributed by atoms with Crippen molar-refractivity contribution in [2.24, 2.45) is 4.99 Å². The maximum absolute atomic E-state index is 13.8. The fourth-order valence-corrected chi connectivity index (χ4v) is 2.35. The molecule has 1 aromatic carbocycles.